The number of oxime groups is 1. The fourth-order valence-corrected chi connectivity index (χ4v) is 3.17. The zero-order valence-electron chi connectivity index (χ0n) is 11.4. The molecule has 0 aliphatic heterocycles. The van der Waals surface area contributed by atoms with Crippen molar-refractivity contribution in [2.45, 2.75) is 4.90 Å². The van der Waals surface area contributed by atoms with Crippen molar-refractivity contribution in [1.29, 1.82) is 0 Å². The Kier molecular flexibility index (Phi) is 4.59. The van der Waals surface area contributed by atoms with E-state index in [0.717, 1.165) is 0 Å². The Hall–Kier alpha value is -2.34. The van der Waals surface area contributed by atoms with Gasteiger partial charge < -0.3 is 9.94 Å². The molecule has 2 rings (SSSR count). The third-order valence-electron chi connectivity index (χ3n) is 2.97. The van der Waals surface area contributed by atoms with Crippen molar-refractivity contribution in [2.24, 2.45) is 5.16 Å². The molecule has 0 bridgehead atoms. The van der Waals surface area contributed by atoms with Gasteiger partial charge in [0, 0.05) is 5.56 Å². The van der Waals surface area contributed by atoms with Crippen LogP contribution in [-0.4, -0.2) is 32.2 Å². The maximum Gasteiger partial charge on any atom is 0.184 e. The van der Waals surface area contributed by atoms with Crippen molar-refractivity contribution in [3.63, 3.8) is 0 Å². The molecule has 0 saturated carbocycles. The van der Waals surface area contributed by atoms with Crippen LogP contribution >= 0.6 is 0 Å². The molecule has 0 aromatic heterocycles. The second kappa shape index (κ2) is 6.41. The van der Waals surface area contributed by atoms with Crippen LogP contribution in [0, 0.1) is 0 Å². The number of hydrogen-bond donors (Lipinski definition) is 1. The minimum absolute atomic E-state index is 0.0847. The van der Waals surface area contributed by atoms with Gasteiger partial charge in [0.25, 0.3) is 0 Å². The van der Waals surface area contributed by atoms with Gasteiger partial charge in [0.05, 0.1) is 12.0 Å². The highest BCUT2D eigenvalue weighted by molar-refractivity contribution is 7.92. The lowest BCUT2D eigenvalue weighted by Crippen LogP contribution is -2.17. The first kappa shape index (κ1) is 15.1. The Morgan fingerprint density at radius 2 is 1.71 bits per heavy atom. The number of ether oxygens (including phenoxy) is 1. The number of rotatable bonds is 5. The van der Waals surface area contributed by atoms with Crippen molar-refractivity contribution in [3.05, 3.63) is 60.2 Å². The van der Waals surface area contributed by atoms with Gasteiger partial charge in [-0.2, -0.15) is 0 Å². The van der Waals surface area contributed by atoms with Crippen LogP contribution in [0.5, 0.6) is 5.75 Å². The Morgan fingerprint density at radius 1 is 1.10 bits per heavy atom. The van der Waals surface area contributed by atoms with Crippen LogP contribution in [0.25, 0.3) is 0 Å². The van der Waals surface area contributed by atoms with Gasteiger partial charge in [-0.3, -0.25) is 0 Å². The van der Waals surface area contributed by atoms with E-state index in [0.29, 0.717) is 11.3 Å². The van der Waals surface area contributed by atoms with Crippen LogP contribution in [0.2, 0.25) is 0 Å². The molecule has 0 fully saturated rings. The van der Waals surface area contributed by atoms with Crippen LogP contribution in [0.4, 0.5) is 0 Å². The summed E-state index contributed by atoms with van der Waals surface area (Å²) in [5.41, 5.74) is 0.610. The van der Waals surface area contributed by atoms with E-state index in [4.69, 9.17) is 9.94 Å². The van der Waals surface area contributed by atoms with E-state index >= 15 is 0 Å². The molecule has 2 aromatic rings. The maximum absolute atomic E-state index is 12.3. The van der Waals surface area contributed by atoms with Crippen molar-refractivity contribution < 1.29 is 18.4 Å². The molecule has 110 valence electrons. The number of benzene rings is 2. The van der Waals surface area contributed by atoms with E-state index in [2.05, 4.69) is 5.16 Å². The van der Waals surface area contributed by atoms with Crippen molar-refractivity contribution in [1.82, 2.24) is 0 Å². The predicted octanol–water partition coefficient (Wildman–Crippen LogP) is 2.35. The van der Waals surface area contributed by atoms with E-state index < -0.39 is 9.84 Å². The molecule has 5 nitrogen and oxygen atoms in total. The number of sulfone groups is 1. The fraction of sp³-hybridized carbons (Fsp3) is 0.133. The number of methoxy groups -OCH3 is 1. The average Bonchev–Trinajstić information content (AvgIpc) is 2.53. The molecule has 0 amide bonds. The largest absolute Gasteiger partial charge is 0.497 e. The van der Waals surface area contributed by atoms with Gasteiger partial charge in [-0.25, -0.2) is 8.42 Å². The minimum Gasteiger partial charge on any atom is -0.497 e. The van der Waals surface area contributed by atoms with Crippen molar-refractivity contribution in [2.75, 3.05) is 12.9 Å². The SMILES string of the molecule is COc1ccc(/C(CS(=O)(=O)c2ccccc2)=N\O)cc1. The molecule has 0 spiro atoms. The quantitative estimate of drug-likeness (QED) is 0.522. The molecule has 0 atom stereocenters. The molecule has 2 aromatic carbocycles. The van der Waals surface area contributed by atoms with Crippen LogP contribution in [0.1, 0.15) is 5.56 Å². The van der Waals surface area contributed by atoms with E-state index in [-0.39, 0.29) is 16.4 Å². The predicted molar refractivity (Wildman–Crippen MR) is 79.8 cm³/mol. The highest BCUT2D eigenvalue weighted by atomic mass is 32.2. The first-order valence-corrected chi connectivity index (χ1v) is 7.85. The van der Waals surface area contributed by atoms with E-state index in [1.165, 1.54) is 19.2 Å². The molecule has 0 aliphatic carbocycles. The average molecular weight is 305 g/mol. The third kappa shape index (κ3) is 3.61. The molecule has 0 aliphatic rings. The summed E-state index contributed by atoms with van der Waals surface area (Å²) < 4.78 is 29.6. The smallest absolute Gasteiger partial charge is 0.184 e. The Labute approximate surface area is 123 Å². The van der Waals surface area contributed by atoms with Crippen LogP contribution < -0.4 is 4.74 Å². The summed E-state index contributed by atoms with van der Waals surface area (Å²) in [7, 11) is -2.02. The Bertz CT molecular complexity index is 722. The van der Waals surface area contributed by atoms with Gasteiger partial charge >= 0.3 is 0 Å². The molecule has 0 heterocycles. The van der Waals surface area contributed by atoms with E-state index in [9.17, 15) is 8.42 Å². The summed E-state index contributed by atoms with van der Waals surface area (Å²) in [6, 6.07) is 14.7. The van der Waals surface area contributed by atoms with Crippen LogP contribution in [-0.2, 0) is 9.84 Å². The first-order valence-electron chi connectivity index (χ1n) is 6.20. The van der Waals surface area contributed by atoms with Crippen LogP contribution in [0.15, 0.2) is 64.6 Å². The summed E-state index contributed by atoms with van der Waals surface area (Å²) >= 11 is 0. The topological polar surface area (TPSA) is 76.0 Å². The van der Waals surface area contributed by atoms with Gasteiger partial charge in [0.2, 0.25) is 0 Å². The summed E-state index contributed by atoms with van der Waals surface area (Å²) in [5, 5.41) is 12.2. The molecular formula is C15H15NO4S. The molecule has 0 unspecified atom stereocenters. The fourth-order valence-electron chi connectivity index (χ4n) is 1.84. The standard InChI is InChI=1S/C15H15NO4S/c1-20-13-9-7-12(8-10-13)15(16-17)11-21(18,19)14-5-3-2-4-6-14/h2-10,17H,11H2,1H3/b16-15-. The third-order valence-corrected chi connectivity index (χ3v) is 4.62. The Morgan fingerprint density at radius 3 is 2.24 bits per heavy atom. The van der Waals surface area contributed by atoms with Crippen LogP contribution in [0.3, 0.4) is 0 Å². The van der Waals surface area contributed by atoms with Gasteiger partial charge in [-0.15, -0.1) is 0 Å². The summed E-state index contributed by atoms with van der Waals surface area (Å²) in [6.45, 7) is 0. The van der Waals surface area contributed by atoms with Gasteiger partial charge in [0.15, 0.2) is 9.84 Å². The summed E-state index contributed by atoms with van der Waals surface area (Å²) in [4.78, 5) is 0.194. The second-order valence-electron chi connectivity index (χ2n) is 4.35. The monoisotopic (exact) mass is 305 g/mol. The zero-order chi connectivity index (χ0) is 15.3. The summed E-state index contributed by atoms with van der Waals surface area (Å²) in [6.07, 6.45) is 0. The maximum atomic E-state index is 12.3. The van der Waals surface area contributed by atoms with Gasteiger partial charge in [-0.05, 0) is 36.4 Å². The number of nitrogens with zero attached hydrogens (tertiary/aromatic N) is 1. The summed E-state index contributed by atoms with van der Waals surface area (Å²) in [5.74, 6) is 0.266. The lowest BCUT2D eigenvalue weighted by atomic mass is 10.1. The molecule has 6 heteroatoms. The Balaban J connectivity index is 2.27. The minimum atomic E-state index is -3.56. The molecular weight excluding hydrogens is 290 g/mol. The molecule has 1 N–H and O–H groups in total. The second-order valence-corrected chi connectivity index (χ2v) is 6.34. The van der Waals surface area contributed by atoms with Gasteiger partial charge in [-0.1, -0.05) is 23.4 Å². The first-order chi connectivity index (χ1) is 10.1. The highest BCUT2D eigenvalue weighted by Gasteiger charge is 2.19. The molecule has 21 heavy (non-hydrogen) atoms. The van der Waals surface area contributed by atoms with E-state index in [1.807, 2.05) is 0 Å². The lowest BCUT2D eigenvalue weighted by molar-refractivity contribution is 0.319. The lowest BCUT2D eigenvalue weighted by Gasteiger charge is -2.07. The van der Waals surface area contributed by atoms with Crippen molar-refractivity contribution >= 4 is 15.5 Å². The van der Waals surface area contributed by atoms with Crippen molar-refractivity contribution in [3.8, 4) is 5.75 Å². The highest BCUT2D eigenvalue weighted by Crippen LogP contribution is 2.16. The number of hydrogen-bond acceptors (Lipinski definition) is 5. The van der Waals surface area contributed by atoms with E-state index in [1.54, 1.807) is 42.5 Å². The zero-order valence-corrected chi connectivity index (χ0v) is 12.2. The normalized spacial score (nSPS) is 12.1. The molecule has 0 radical (unpaired) electrons. The van der Waals surface area contributed by atoms with Gasteiger partial charge in [0.1, 0.15) is 17.2 Å². The molecule has 0 saturated heterocycles.